The minimum atomic E-state index is -1.57. The van der Waals surface area contributed by atoms with Crippen LogP contribution in [0.2, 0.25) is 10.0 Å². The van der Waals surface area contributed by atoms with Gasteiger partial charge in [-0.3, -0.25) is 19.4 Å². The number of rotatable bonds is 9. The van der Waals surface area contributed by atoms with Crippen LogP contribution in [0.15, 0.2) is 84.9 Å². The number of nitrogens with zero attached hydrogens (tertiary/aromatic N) is 2. The standard InChI is InChI=1S/C24H31ClO7.C22H14Cl2FN3O3/c1-4-30-21(29)32-24(20(28)31-13-25)10-8-17-16-6-5-14-11-15(26)7-9-22(14,2)19(16)18(27)12-23(17,24)3;23-17-8-26-9-18(24)20(17)27-22(31)21(30)16-11-28(10-12-1-3-13(25)4-2-12)19-6-5-14(29)7-15(16)19/h7,9,11,16-19,27H,4-6,8,10,12-13H2,1-3H3;1-9,11,29H,10H2,(H,26,27,31)/t16-,17-,18-,19+,22-,23-,24-;/m0./s1. The summed E-state index contributed by atoms with van der Waals surface area (Å²) in [4.78, 5) is 66.9. The number of hydrogen-bond acceptors (Lipinski definition) is 11. The topological polar surface area (TPSA) is 183 Å². The molecule has 3 saturated carbocycles. The number of aromatic hydroxyl groups is 1. The number of Topliss-reactive ketones (excluding diaryl/α,β-unsaturated/α-hetero) is 1. The predicted molar refractivity (Wildman–Crippen MR) is 232 cm³/mol. The summed E-state index contributed by atoms with van der Waals surface area (Å²) in [5.74, 6) is -2.87. The first-order valence-electron chi connectivity index (χ1n) is 20.4. The first kappa shape index (κ1) is 45.7. The summed E-state index contributed by atoms with van der Waals surface area (Å²) in [6.07, 6.45) is 10.4. The average Bonchev–Trinajstić information content (AvgIpc) is 3.74. The van der Waals surface area contributed by atoms with Crippen LogP contribution in [0, 0.1) is 34.4 Å². The van der Waals surface area contributed by atoms with Crippen LogP contribution in [-0.4, -0.2) is 73.7 Å². The molecule has 2 aromatic heterocycles. The summed E-state index contributed by atoms with van der Waals surface area (Å²) in [6, 6.07) is 10.1. The van der Waals surface area contributed by atoms with Crippen molar-refractivity contribution in [3.8, 4) is 5.75 Å². The van der Waals surface area contributed by atoms with E-state index in [1.165, 1.54) is 42.9 Å². The lowest BCUT2D eigenvalue weighted by atomic mass is 9.46. The van der Waals surface area contributed by atoms with Crippen molar-refractivity contribution < 1.29 is 52.8 Å². The zero-order chi connectivity index (χ0) is 45.4. The molecule has 4 aliphatic carbocycles. The number of esters is 1. The molecule has 7 atom stereocenters. The van der Waals surface area contributed by atoms with Crippen LogP contribution in [0.1, 0.15) is 68.8 Å². The van der Waals surface area contributed by atoms with Crippen LogP contribution in [0.25, 0.3) is 10.9 Å². The van der Waals surface area contributed by atoms with Gasteiger partial charge in [-0.05, 0) is 98.9 Å². The number of amides is 1. The highest BCUT2D eigenvalue weighted by molar-refractivity contribution is 6.50. The number of nitrogens with one attached hydrogen (secondary N) is 1. The van der Waals surface area contributed by atoms with E-state index >= 15 is 0 Å². The third kappa shape index (κ3) is 8.46. The number of fused-ring (bicyclic) bond motifs is 6. The summed E-state index contributed by atoms with van der Waals surface area (Å²) < 4.78 is 30.8. The molecule has 0 radical (unpaired) electrons. The summed E-state index contributed by atoms with van der Waals surface area (Å²) in [7, 11) is 0. The number of halogens is 4. The minimum absolute atomic E-state index is 0.0161. The Bertz CT molecular complexity index is 2530. The first-order chi connectivity index (χ1) is 30.0. The van der Waals surface area contributed by atoms with Gasteiger partial charge in [0.15, 0.2) is 11.8 Å². The number of phenols is 1. The number of anilines is 1. The Kier molecular flexibility index (Phi) is 13.1. The van der Waals surface area contributed by atoms with E-state index in [-0.39, 0.29) is 81.9 Å². The van der Waals surface area contributed by atoms with Gasteiger partial charge in [-0.2, -0.15) is 0 Å². The molecule has 0 saturated heterocycles. The number of aliphatic hydroxyl groups excluding tert-OH is 1. The highest BCUT2D eigenvalue weighted by Gasteiger charge is 2.71. The van der Waals surface area contributed by atoms with Crippen LogP contribution in [0.3, 0.4) is 0 Å². The van der Waals surface area contributed by atoms with Crippen molar-refractivity contribution in [1.82, 2.24) is 9.55 Å². The minimum Gasteiger partial charge on any atom is -0.508 e. The average molecular weight is 925 g/mol. The second-order valence-corrected chi connectivity index (χ2v) is 17.7. The number of alkyl halides is 1. The molecule has 332 valence electrons. The lowest BCUT2D eigenvalue weighted by Gasteiger charge is -2.59. The number of carbonyl (C=O) groups is 5. The van der Waals surface area contributed by atoms with Crippen LogP contribution in [0.4, 0.5) is 14.9 Å². The SMILES string of the molecule is CCOC(=O)O[C@]1(C(=O)OCCl)CC[C@H]2[C@@H]3CCC4=CC(=O)C=C[C@]4(C)[C@H]3[C@@H](O)C[C@@]21C.O=C(Nc1c(Cl)cncc1Cl)C(=O)c1cn(Cc2ccc(F)cc2)c2ccc(O)cc12. The first-order valence-corrected chi connectivity index (χ1v) is 21.7. The molecular formula is C46H45Cl3FN3O10. The Hall–Kier alpha value is -5.28. The van der Waals surface area contributed by atoms with Crippen LogP contribution in [0.5, 0.6) is 5.75 Å². The molecule has 1 amide bonds. The normalized spacial score (nSPS) is 26.9. The fraction of sp³-hybridized carbons (Fsp3) is 0.391. The third-order valence-electron chi connectivity index (χ3n) is 13.3. The van der Waals surface area contributed by atoms with Gasteiger partial charge in [-0.15, -0.1) is 0 Å². The Morgan fingerprint density at radius 3 is 2.43 bits per heavy atom. The zero-order valence-corrected chi connectivity index (χ0v) is 36.8. The molecule has 0 aliphatic heterocycles. The summed E-state index contributed by atoms with van der Waals surface area (Å²) >= 11 is 17.7. The smallest absolute Gasteiger partial charge is 0.508 e. The highest BCUT2D eigenvalue weighted by Crippen LogP contribution is 2.68. The molecule has 0 bridgehead atoms. The number of aliphatic hydroxyl groups is 1. The molecule has 2 aromatic carbocycles. The number of pyridine rings is 1. The van der Waals surface area contributed by atoms with Gasteiger partial charge in [0.2, 0.25) is 5.60 Å². The maximum Gasteiger partial charge on any atom is 0.509 e. The number of carbonyl (C=O) groups excluding carboxylic acids is 5. The molecule has 4 aliphatic rings. The van der Waals surface area contributed by atoms with Crippen molar-refractivity contribution in [2.75, 3.05) is 18.0 Å². The van der Waals surface area contributed by atoms with Gasteiger partial charge in [-0.1, -0.05) is 72.4 Å². The van der Waals surface area contributed by atoms with Crippen LogP contribution < -0.4 is 5.32 Å². The molecular weight excluding hydrogens is 880 g/mol. The van der Waals surface area contributed by atoms with Crippen molar-refractivity contribution in [3.63, 3.8) is 0 Å². The number of allylic oxidation sites excluding steroid dienone is 4. The maximum atomic E-state index is 13.2. The highest BCUT2D eigenvalue weighted by atomic mass is 35.5. The lowest BCUT2D eigenvalue weighted by Crippen LogP contribution is -2.62. The summed E-state index contributed by atoms with van der Waals surface area (Å²) in [5, 5.41) is 24.4. The summed E-state index contributed by atoms with van der Waals surface area (Å²) in [5.41, 5.74) is -0.177. The summed E-state index contributed by atoms with van der Waals surface area (Å²) in [6.45, 7) is 6.11. The molecule has 0 spiro atoms. The van der Waals surface area contributed by atoms with E-state index in [1.54, 1.807) is 41.8 Å². The molecule has 0 unspecified atom stereocenters. The fourth-order valence-corrected chi connectivity index (χ4v) is 11.1. The number of ether oxygens (including phenoxy) is 3. The van der Waals surface area contributed by atoms with Gasteiger partial charge in [0.25, 0.3) is 11.7 Å². The van der Waals surface area contributed by atoms with Gasteiger partial charge in [0.1, 0.15) is 11.6 Å². The van der Waals surface area contributed by atoms with Gasteiger partial charge in [0.05, 0.1) is 34.0 Å². The lowest BCUT2D eigenvalue weighted by molar-refractivity contribution is -0.199. The Morgan fingerprint density at radius 2 is 1.75 bits per heavy atom. The van der Waals surface area contributed by atoms with Crippen molar-refractivity contribution in [1.29, 1.82) is 0 Å². The van der Waals surface area contributed by atoms with E-state index in [2.05, 4.69) is 17.2 Å². The largest absolute Gasteiger partial charge is 0.509 e. The maximum absolute atomic E-state index is 13.2. The quantitative estimate of drug-likeness (QED) is 0.0631. The van der Waals surface area contributed by atoms with E-state index < -0.39 is 46.4 Å². The van der Waals surface area contributed by atoms with Crippen LogP contribution in [-0.2, 0) is 35.1 Å². The van der Waals surface area contributed by atoms with E-state index in [9.17, 15) is 38.6 Å². The second-order valence-electron chi connectivity index (χ2n) is 16.7. The van der Waals surface area contributed by atoms with Crippen molar-refractivity contribution >= 4 is 81.0 Å². The van der Waals surface area contributed by atoms with E-state index in [4.69, 9.17) is 49.0 Å². The van der Waals surface area contributed by atoms with E-state index in [1.807, 2.05) is 13.0 Å². The van der Waals surface area contributed by atoms with Gasteiger partial charge >= 0.3 is 12.1 Å². The Morgan fingerprint density at radius 1 is 1.03 bits per heavy atom. The van der Waals surface area contributed by atoms with Gasteiger partial charge in [0, 0.05) is 52.8 Å². The molecule has 13 nitrogen and oxygen atoms in total. The number of ketones is 2. The van der Waals surface area contributed by atoms with Crippen LogP contribution >= 0.6 is 34.8 Å². The van der Waals surface area contributed by atoms with Gasteiger partial charge < -0.3 is 34.3 Å². The molecule has 4 aromatic rings. The molecule has 63 heavy (non-hydrogen) atoms. The molecule has 2 heterocycles. The Labute approximate surface area is 377 Å². The molecule has 17 heteroatoms. The Balaban J connectivity index is 0.000000189. The molecule has 3 N–H and O–H groups in total. The fourth-order valence-electron chi connectivity index (χ4n) is 10.5. The van der Waals surface area contributed by atoms with Crippen molar-refractivity contribution in [2.45, 2.75) is 71.1 Å². The number of hydrogen-bond donors (Lipinski definition) is 3. The molecule has 8 rings (SSSR count). The number of benzene rings is 2. The van der Waals surface area contributed by atoms with E-state index in [0.717, 1.165) is 24.0 Å². The third-order valence-corrected chi connectivity index (χ3v) is 14.0. The predicted octanol–water partition coefficient (Wildman–Crippen LogP) is 8.97. The van der Waals surface area contributed by atoms with E-state index in [0.29, 0.717) is 23.9 Å². The monoisotopic (exact) mass is 923 g/mol. The van der Waals surface area contributed by atoms with Crippen molar-refractivity contribution in [3.05, 3.63) is 112 Å². The van der Waals surface area contributed by atoms with Gasteiger partial charge in [-0.25, -0.2) is 14.0 Å². The molecule has 3 fully saturated rings. The number of phenolic OH excluding ortho intramolecular Hbond substituents is 1. The van der Waals surface area contributed by atoms with Crippen molar-refractivity contribution in [2.24, 2.45) is 28.6 Å². The zero-order valence-electron chi connectivity index (χ0n) is 34.5. The second kappa shape index (κ2) is 18.1. The number of aromatic nitrogens is 2.